The van der Waals surface area contributed by atoms with E-state index in [0.717, 1.165) is 12.1 Å². The zero-order chi connectivity index (χ0) is 14.2. The number of hydrogen-bond donors (Lipinski definition) is 3. The van der Waals surface area contributed by atoms with Gasteiger partial charge in [-0.3, -0.25) is 4.79 Å². The van der Waals surface area contributed by atoms with Crippen LogP contribution in [0.2, 0.25) is 0 Å². The second-order valence-corrected chi connectivity index (χ2v) is 4.22. The molecule has 0 fully saturated rings. The van der Waals surface area contributed by atoms with E-state index in [9.17, 15) is 18.0 Å². The molecule has 8 heteroatoms. The minimum atomic E-state index is -4.41. The van der Waals surface area contributed by atoms with Gasteiger partial charge >= 0.3 is 12.1 Å². The Morgan fingerprint density at radius 1 is 1.40 bits per heavy atom. The Kier molecular flexibility index (Phi) is 4.67. The Hall–Kier alpha value is -1.73. The molecule has 4 nitrogen and oxygen atoms in total. The van der Waals surface area contributed by atoms with Gasteiger partial charge in [-0.2, -0.15) is 13.2 Å². The number of aromatic amines is 1. The topological polar surface area (TPSA) is 79.1 Å². The molecule has 0 saturated heterocycles. The van der Waals surface area contributed by atoms with Crippen LogP contribution in [0.25, 0.3) is 10.9 Å². The van der Waals surface area contributed by atoms with Gasteiger partial charge in [-0.25, -0.2) is 0 Å². The Labute approximate surface area is 118 Å². The van der Waals surface area contributed by atoms with E-state index >= 15 is 0 Å². The van der Waals surface area contributed by atoms with E-state index < -0.39 is 23.8 Å². The van der Waals surface area contributed by atoms with E-state index in [-0.39, 0.29) is 18.8 Å². The maximum absolute atomic E-state index is 12.5. The number of carboxylic acid groups (broad SMARTS) is 1. The normalized spacial score (nSPS) is 13.0. The third-order valence-corrected chi connectivity index (χ3v) is 2.85. The van der Waals surface area contributed by atoms with Crippen LogP contribution in [0.4, 0.5) is 13.2 Å². The summed E-state index contributed by atoms with van der Waals surface area (Å²) in [6, 6.07) is 2.19. The monoisotopic (exact) mass is 308 g/mol. The van der Waals surface area contributed by atoms with Crippen LogP contribution in [0, 0.1) is 0 Å². The Morgan fingerprint density at radius 3 is 2.60 bits per heavy atom. The van der Waals surface area contributed by atoms with Gasteiger partial charge in [0.15, 0.2) is 0 Å². The van der Waals surface area contributed by atoms with Crippen LogP contribution < -0.4 is 5.73 Å². The van der Waals surface area contributed by atoms with Crippen molar-refractivity contribution in [3.8, 4) is 0 Å². The summed E-state index contributed by atoms with van der Waals surface area (Å²) in [5.41, 5.74) is 5.54. The number of carbonyl (C=O) groups is 1. The van der Waals surface area contributed by atoms with Gasteiger partial charge in [0.25, 0.3) is 0 Å². The molecule has 0 bridgehead atoms. The van der Waals surface area contributed by atoms with E-state index in [1.54, 1.807) is 0 Å². The van der Waals surface area contributed by atoms with E-state index in [4.69, 9.17) is 10.8 Å². The first-order valence-electron chi connectivity index (χ1n) is 5.44. The van der Waals surface area contributed by atoms with Crippen LogP contribution in [0.1, 0.15) is 11.1 Å². The fraction of sp³-hybridized carbons (Fsp3) is 0.250. The standard InChI is InChI=1S/C12H11F3N2O2.ClH/c13-12(14,15)7-1-2-8-6(3-9(16)11(18)19)5-17-10(8)4-7;/h1-2,4-5,9,17H,3,16H2,(H,18,19);1H. The number of alkyl halides is 3. The molecule has 20 heavy (non-hydrogen) atoms. The summed E-state index contributed by atoms with van der Waals surface area (Å²) in [5, 5.41) is 9.27. The number of H-pyrrole nitrogens is 1. The summed E-state index contributed by atoms with van der Waals surface area (Å²) >= 11 is 0. The van der Waals surface area contributed by atoms with Gasteiger partial charge in [-0.1, -0.05) is 6.07 Å². The molecule has 0 spiro atoms. The third-order valence-electron chi connectivity index (χ3n) is 2.85. The molecule has 1 aromatic carbocycles. The van der Waals surface area contributed by atoms with E-state index in [1.165, 1.54) is 12.3 Å². The molecular weight excluding hydrogens is 297 g/mol. The molecule has 2 rings (SSSR count). The lowest BCUT2D eigenvalue weighted by molar-refractivity contribution is -0.139. The minimum absolute atomic E-state index is 0. The number of halogens is 4. The number of benzene rings is 1. The number of fused-ring (bicyclic) bond motifs is 1. The minimum Gasteiger partial charge on any atom is -0.480 e. The van der Waals surface area contributed by atoms with E-state index in [0.29, 0.717) is 16.5 Å². The van der Waals surface area contributed by atoms with Crippen LogP contribution in [0.15, 0.2) is 24.4 Å². The van der Waals surface area contributed by atoms with Gasteiger partial charge in [0, 0.05) is 23.5 Å². The van der Waals surface area contributed by atoms with Gasteiger partial charge in [0.2, 0.25) is 0 Å². The molecule has 0 radical (unpaired) electrons. The molecule has 2 aromatic rings. The third kappa shape index (κ3) is 3.23. The fourth-order valence-corrected chi connectivity index (χ4v) is 1.86. The van der Waals surface area contributed by atoms with Gasteiger partial charge in [0.1, 0.15) is 6.04 Å². The molecule has 1 unspecified atom stereocenters. The highest BCUT2D eigenvalue weighted by molar-refractivity contribution is 5.85. The molecule has 0 aliphatic heterocycles. The Bertz CT molecular complexity index is 625. The summed E-state index contributed by atoms with van der Waals surface area (Å²) in [5.74, 6) is -1.15. The smallest absolute Gasteiger partial charge is 0.416 e. The highest BCUT2D eigenvalue weighted by atomic mass is 35.5. The molecule has 0 amide bonds. The molecule has 110 valence electrons. The highest BCUT2D eigenvalue weighted by Gasteiger charge is 2.30. The molecule has 4 N–H and O–H groups in total. The molecule has 1 heterocycles. The average molecular weight is 309 g/mol. The van der Waals surface area contributed by atoms with Gasteiger partial charge in [0.05, 0.1) is 5.56 Å². The van der Waals surface area contributed by atoms with Crippen LogP contribution in [0.3, 0.4) is 0 Å². The van der Waals surface area contributed by atoms with Gasteiger partial charge in [-0.15, -0.1) is 12.4 Å². The number of rotatable bonds is 3. The van der Waals surface area contributed by atoms with Crippen LogP contribution in [0.5, 0.6) is 0 Å². The number of aromatic nitrogens is 1. The van der Waals surface area contributed by atoms with Crippen molar-refractivity contribution in [1.29, 1.82) is 0 Å². The van der Waals surface area contributed by atoms with Crippen molar-refractivity contribution in [3.05, 3.63) is 35.5 Å². The van der Waals surface area contributed by atoms with E-state index in [2.05, 4.69) is 4.98 Å². The quantitative estimate of drug-likeness (QED) is 0.815. The van der Waals surface area contributed by atoms with Crippen molar-refractivity contribution in [2.45, 2.75) is 18.6 Å². The number of aliphatic carboxylic acids is 1. The van der Waals surface area contributed by atoms with Crippen molar-refractivity contribution in [2.75, 3.05) is 0 Å². The van der Waals surface area contributed by atoms with Gasteiger partial charge < -0.3 is 15.8 Å². The first-order chi connectivity index (χ1) is 8.79. The maximum atomic E-state index is 12.5. The second-order valence-electron chi connectivity index (χ2n) is 4.22. The molecule has 1 atom stereocenters. The SMILES string of the molecule is Cl.NC(Cc1c[nH]c2cc(C(F)(F)F)ccc12)C(=O)O. The maximum Gasteiger partial charge on any atom is 0.416 e. The van der Waals surface area contributed by atoms with Crippen LogP contribution in [-0.4, -0.2) is 22.1 Å². The van der Waals surface area contributed by atoms with Crippen molar-refractivity contribution in [1.82, 2.24) is 4.98 Å². The predicted molar refractivity (Wildman–Crippen MR) is 69.9 cm³/mol. The lowest BCUT2D eigenvalue weighted by atomic mass is 10.0. The molecule has 0 aliphatic carbocycles. The zero-order valence-electron chi connectivity index (χ0n) is 10.1. The summed E-state index contributed by atoms with van der Waals surface area (Å²) in [7, 11) is 0. The fourth-order valence-electron chi connectivity index (χ4n) is 1.86. The Morgan fingerprint density at radius 2 is 2.05 bits per heavy atom. The summed E-state index contributed by atoms with van der Waals surface area (Å²) in [6.07, 6.45) is -2.87. The number of nitrogens with one attached hydrogen (secondary N) is 1. The van der Waals surface area contributed by atoms with Crippen molar-refractivity contribution < 1.29 is 23.1 Å². The summed E-state index contributed by atoms with van der Waals surface area (Å²) < 4.78 is 37.6. The van der Waals surface area contributed by atoms with E-state index in [1.807, 2.05) is 0 Å². The lowest BCUT2D eigenvalue weighted by Gasteiger charge is -2.07. The summed E-state index contributed by atoms with van der Waals surface area (Å²) in [4.78, 5) is 13.4. The number of hydrogen-bond acceptors (Lipinski definition) is 2. The van der Waals surface area contributed by atoms with Crippen molar-refractivity contribution in [3.63, 3.8) is 0 Å². The zero-order valence-corrected chi connectivity index (χ0v) is 10.9. The number of carboxylic acids is 1. The first-order valence-corrected chi connectivity index (χ1v) is 5.44. The number of nitrogens with two attached hydrogens (primary N) is 1. The molecule has 1 aromatic heterocycles. The predicted octanol–water partition coefficient (Wildman–Crippen LogP) is 2.56. The van der Waals surface area contributed by atoms with Crippen molar-refractivity contribution >= 4 is 29.3 Å². The molecule has 0 saturated carbocycles. The average Bonchev–Trinajstić information content (AvgIpc) is 2.70. The summed E-state index contributed by atoms with van der Waals surface area (Å²) in [6.45, 7) is 0. The molecular formula is C12H12ClF3N2O2. The van der Waals surface area contributed by atoms with Gasteiger partial charge in [-0.05, 0) is 17.7 Å². The molecule has 0 aliphatic rings. The first kappa shape index (κ1) is 16.3. The van der Waals surface area contributed by atoms with Crippen LogP contribution >= 0.6 is 12.4 Å². The Balaban J connectivity index is 0.00000200. The van der Waals surface area contributed by atoms with Crippen molar-refractivity contribution in [2.24, 2.45) is 5.73 Å². The second kappa shape index (κ2) is 5.72. The highest BCUT2D eigenvalue weighted by Crippen LogP contribution is 2.32. The largest absolute Gasteiger partial charge is 0.480 e. The van der Waals surface area contributed by atoms with Crippen LogP contribution in [-0.2, 0) is 17.4 Å². The lowest BCUT2D eigenvalue weighted by Crippen LogP contribution is -2.32.